The summed E-state index contributed by atoms with van der Waals surface area (Å²) in [4.78, 5) is 24.0. The molecule has 112 valence electrons. The summed E-state index contributed by atoms with van der Waals surface area (Å²) >= 11 is 0. The lowest BCUT2D eigenvalue weighted by Crippen LogP contribution is -2.34. The number of carbonyl (C=O) groups is 2. The summed E-state index contributed by atoms with van der Waals surface area (Å²) in [5.74, 6) is 0.0464. The molecule has 2 aliphatic rings. The van der Waals surface area contributed by atoms with Crippen LogP contribution in [-0.2, 0) is 16.0 Å². The quantitative estimate of drug-likeness (QED) is 0.894. The first kappa shape index (κ1) is 14.1. The van der Waals surface area contributed by atoms with E-state index in [-0.39, 0.29) is 17.7 Å². The lowest BCUT2D eigenvalue weighted by molar-refractivity contribution is -0.123. The zero-order valence-corrected chi connectivity index (χ0v) is 12.2. The Hall–Kier alpha value is -1.84. The number of rotatable bonds is 4. The number of hydrogen-bond donors (Lipinski definition) is 2. The summed E-state index contributed by atoms with van der Waals surface area (Å²) in [5, 5.41) is 6.02. The maximum Gasteiger partial charge on any atom is 0.227 e. The molecule has 2 N–H and O–H groups in total. The number of hydrogen-bond acceptors (Lipinski definition) is 2. The normalized spacial score (nSPS) is 21.7. The number of amides is 2. The number of fused-ring (bicyclic) bond motifs is 1. The summed E-state index contributed by atoms with van der Waals surface area (Å²) in [7, 11) is 0. The van der Waals surface area contributed by atoms with Crippen molar-refractivity contribution in [3.05, 3.63) is 29.8 Å². The molecule has 1 heterocycles. The minimum Gasteiger partial charge on any atom is -0.353 e. The fourth-order valence-electron chi connectivity index (χ4n) is 3.32. The van der Waals surface area contributed by atoms with Gasteiger partial charge in [-0.2, -0.15) is 0 Å². The lowest BCUT2D eigenvalue weighted by atomic mass is 9.89. The van der Waals surface area contributed by atoms with Crippen molar-refractivity contribution in [2.75, 3.05) is 5.32 Å². The third-order valence-corrected chi connectivity index (χ3v) is 4.55. The molecule has 21 heavy (non-hydrogen) atoms. The molecule has 1 fully saturated rings. The topological polar surface area (TPSA) is 58.2 Å². The van der Waals surface area contributed by atoms with Crippen LogP contribution in [0.1, 0.15) is 44.1 Å². The molecule has 4 nitrogen and oxygen atoms in total. The Morgan fingerprint density at radius 3 is 2.81 bits per heavy atom. The number of nitrogens with one attached hydrogen (secondary N) is 2. The van der Waals surface area contributed by atoms with Gasteiger partial charge in [0.05, 0.1) is 0 Å². The molecule has 0 saturated heterocycles. The first-order valence-corrected chi connectivity index (χ1v) is 7.90. The SMILES string of the molecule is O=C(CC[C@@H]1Cc2ccccc2NC1=O)NC1CCCC1. The van der Waals surface area contributed by atoms with Crippen molar-refractivity contribution in [1.82, 2.24) is 5.32 Å². The van der Waals surface area contributed by atoms with E-state index in [4.69, 9.17) is 0 Å². The molecule has 0 aromatic heterocycles. The minimum atomic E-state index is -0.0887. The smallest absolute Gasteiger partial charge is 0.227 e. The number of carbonyl (C=O) groups excluding carboxylic acids is 2. The van der Waals surface area contributed by atoms with Crippen molar-refractivity contribution >= 4 is 17.5 Å². The Labute approximate surface area is 125 Å². The van der Waals surface area contributed by atoms with Crippen molar-refractivity contribution in [3.8, 4) is 0 Å². The zero-order valence-electron chi connectivity index (χ0n) is 12.2. The number of benzene rings is 1. The monoisotopic (exact) mass is 286 g/mol. The molecule has 0 bridgehead atoms. The van der Waals surface area contributed by atoms with E-state index in [1.165, 1.54) is 18.4 Å². The fraction of sp³-hybridized carbons (Fsp3) is 0.529. The summed E-state index contributed by atoms with van der Waals surface area (Å²) < 4.78 is 0. The van der Waals surface area contributed by atoms with Crippen molar-refractivity contribution in [2.45, 2.75) is 51.0 Å². The number of para-hydroxylation sites is 1. The second-order valence-corrected chi connectivity index (χ2v) is 6.14. The van der Waals surface area contributed by atoms with Crippen molar-refractivity contribution in [3.63, 3.8) is 0 Å². The van der Waals surface area contributed by atoms with Gasteiger partial charge in [0.15, 0.2) is 0 Å². The minimum absolute atomic E-state index is 0.0439. The van der Waals surface area contributed by atoms with E-state index >= 15 is 0 Å². The maximum atomic E-state index is 12.1. The lowest BCUT2D eigenvalue weighted by Gasteiger charge is -2.24. The second kappa shape index (κ2) is 6.29. The van der Waals surface area contributed by atoms with Crippen LogP contribution in [0.15, 0.2) is 24.3 Å². The van der Waals surface area contributed by atoms with E-state index in [1.807, 2.05) is 24.3 Å². The van der Waals surface area contributed by atoms with Crippen LogP contribution in [0.25, 0.3) is 0 Å². The molecular formula is C17H22N2O2. The largest absolute Gasteiger partial charge is 0.353 e. The highest BCUT2D eigenvalue weighted by Gasteiger charge is 2.26. The van der Waals surface area contributed by atoms with Gasteiger partial charge in [-0.15, -0.1) is 0 Å². The Morgan fingerprint density at radius 2 is 2.00 bits per heavy atom. The van der Waals surface area contributed by atoms with Crippen LogP contribution < -0.4 is 10.6 Å². The molecule has 0 spiro atoms. The summed E-state index contributed by atoms with van der Waals surface area (Å²) in [6, 6.07) is 8.24. The van der Waals surface area contributed by atoms with E-state index in [2.05, 4.69) is 10.6 Å². The van der Waals surface area contributed by atoms with Gasteiger partial charge in [-0.1, -0.05) is 31.0 Å². The van der Waals surface area contributed by atoms with Gasteiger partial charge in [0.1, 0.15) is 0 Å². The van der Waals surface area contributed by atoms with Crippen LogP contribution in [0.2, 0.25) is 0 Å². The molecule has 1 aromatic rings. The molecule has 1 aliphatic heterocycles. The summed E-state index contributed by atoms with van der Waals surface area (Å²) in [6.45, 7) is 0. The first-order valence-electron chi connectivity index (χ1n) is 7.90. The van der Waals surface area contributed by atoms with Gasteiger partial charge in [0.2, 0.25) is 11.8 Å². The molecule has 0 unspecified atom stereocenters. The van der Waals surface area contributed by atoms with E-state index in [0.29, 0.717) is 18.9 Å². The van der Waals surface area contributed by atoms with Crippen LogP contribution in [0, 0.1) is 5.92 Å². The Kier molecular flexibility index (Phi) is 4.23. The maximum absolute atomic E-state index is 12.1. The average molecular weight is 286 g/mol. The summed E-state index contributed by atoms with van der Waals surface area (Å²) in [5.41, 5.74) is 2.08. The van der Waals surface area contributed by atoms with Crippen LogP contribution in [0.3, 0.4) is 0 Å². The van der Waals surface area contributed by atoms with Gasteiger partial charge in [0, 0.05) is 24.1 Å². The van der Waals surface area contributed by atoms with Crippen LogP contribution in [-0.4, -0.2) is 17.9 Å². The number of anilines is 1. The molecule has 3 rings (SSSR count). The fourth-order valence-corrected chi connectivity index (χ4v) is 3.32. The van der Waals surface area contributed by atoms with Crippen LogP contribution >= 0.6 is 0 Å². The predicted molar refractivity (Wildman–Crippen MR) is 81.9 cm³/mol. The van der Waals surface area contributed by atoms with Crippen molar-refractivity contribution in [2.24, 2.45) is 5.92 Å². The third kappa shape index (κ3) is 3.43. The molecule has 1 aromatic carbocycles. The van der Waals surface area contributed by atoms with Gasteiger partial charge in [-0.05, 0) is 37.3 Å². The van der Waals surface area contributed by atoms with E-state index < -0.39 is 0 Å². The average Bonchev–Trinajstić information content (AvgIpc) is 2.98. The van der Waals surface area contributed by atoms with Gasteiger partial charge >= 0.3 is 0 Å². The Bertz CT molecular complexity index is 535. The van der Waals surface area contributed by atoms with Crippen molar-refractivity contribution < 1.29 is 9.59 Å². The predicted octanol–water partition coefficient (Wildman–Crippen LogP) is 2.64. The molecule has 1 aliphatic carbocycles. The molecule has 4 heteroatoms. The van der Waals surface area contributed by atoms with Gasteiger partial charge in [0.25, 0.3) is 0 Å². The zero-order chi connectivity index (χ0) is 14.7. The Morgan fingerprint density at radius 1 is 1.24 bits per heavy atom. The molecule has 1 saturated carbocycles. The second-order valence-electron chi connectivity index (χ2n) is 6.14. The van der Waals surface area contributed by atoms with Crippen LogP contribution in [0.5, 0.6) is 0 Å². The molecule has 1 atom stereocenters. The van der Waals surface area contributed by atoms with E-state index in [9.17, 15) is 9.59 Å². The van der Waals surface area contributed by atoms with Gasteiger partial charge in [-0.3, -0.25) is 9.59 Å². The van der Waals surface area contributed by atoms with Crippen LogP contribution in [0.4, 0.5) is 5.69 Å². The van der Waals surface area contributed by atoms with Gasteiger partial charge < -0.3 is 10.6 Å². The van der Waals surface area contributed by atoms with Gasteiger partial charge in [-0.25, -0.2) is 0 Å². The Balaban J connectivity index is 1.51. The van der Waals surface area contributed by atoms with E-state index in [0.717, 1.165) is 24.9 Å². The highest BCUT2D eigenvalue weighted by Crippen LogP contribution is 2.27. The standard InChI is InChI=1S/C17H22N2O2/c20-16(18-14-6-2-3-7-14)10-9-13-11-12-5-1-4-8-15(12)19-17(13)21/h1,4-5,8,13-14H,2-3,6-7,9-11H2,(H,18,20)(H,19,21)/t13-/m1/s1. The molecule has 2 amide bonds. The highest BCUT2D eigenvalue weighted by molar-refractivity contribution is 5.96. The first-order chi connectivity index (χ1) is 10.2. The third-order valence-electron chi connectivity index (χ3n) is 4.55. The van der Waals surface area contributed by atoms with E-state index in [1.54, 1.807) is 0 Å². The molecule has 0 radical (unpaired) electrons. The molecular weight excluding hydrogens is 264 g/mol. The highest BCUT2D eigenvalue weighted by atomic mass is 16.2. The van der Waals surface area contributed by atoms with Crippen molar-refractivity contribution in [1.29, 1.82) is 0 Å². The summed E-state index contributed by atoms with van der Waals surface area (Å²) in [6.07, 6.45) is 6.43.